The molecule has 2 heterocycles. The Balaban J connectivity index is 1.87. The van der Waals surface area contributed by atoms with E-state index in [0.29, 0.717) is 11.4 Å². The van der Waals surface area contributed by atoms with Crippen molar-refractivity contribution < 1.29 is 0 Å². The monoisotopic (exact) mass is 262 g/mol. The predicted octanol–water partition coefficient (Wildman–Crippen LogP) is 3.34. The van der Waals surface area contributed by atoms with E-state index in [9.17, 15) is 0 Å². The molecule has 1 saturated carbocycles. The molecule has 1 aliphatic rings. The fraction of sp³-hybridized carbons (Fsp3) is 0.538. The standard InChI is InChI=1S/C13H18N4S/c1-3-13(5-6-13)8-15-10-9-4-7-18-11(9)17-12(14-2)16-10/h4,7H,3,5-6,8H2,1-2H3,(H2,14,15,16,17). The summed E-state index contributed by atoms with van der Waals surface area (Å²) < 4.78 is 0. The first kappa shape index (κ1) is 11.7. The third kappa shape index (κ3) is 2.03. The first-order valence-electron chi connectivity index (χ1n) is 6.43. The minimum absolute atomic E-state index is 0.521. The molecule has 0 aromatic carbocycles. The largest absolute Gasteiger partial charge is 0.369 e. The first-order chi connectivity index (χ1) is 8.76. The molecule has 5 heteroatoms. The van der Waals surface area contributed by atoms with Crippen molar-refractivity contribution in [1.29, 1.82) is 0 Å². The quantitative estimate of drug-likeness (QED) is 0.867. The molecule has 0 radical (unpaired) electrons. The number of nitrogens with one attached hydrogen (secondary N) is 2. The normalized spacial score (nSPS) is 16.8. The minimum Gasteiger partial charge on any atom is -0.369 e. The number of aromatic nitrogens is 2. The highest BCUT2D eigenvalue weighted by molar-refractivity contribution is 7.16. The molecule has 1 aliphatic carbocycles. The number of rotatable bonds is 5. The average Bonchev–Trinajstić information content (AvgIpc) is 3.04. The zero-order valence-corrected chi connectivity index (χ0v) is 11.6. The zero-order chi connectivity index (χ0) is 12.6. The second kappa shape index (κ2) is 4.39. The van der Waals surface area contributed by atoms with Crippen LogP contribution in [0.15, 0.2) is 11.4 Å². The van der Waals surface area contributed by atoms with Crippen LogP contribution in [-0.2, 0) is 0 Å². The predicted molar refractivity (Wildman–Crippen MR) is 77.4 cm³/mol. The Labute approximate surface area is 111 Å². The van der Waals surface area contributed by atoms with Crippen molar-refractivity contribution in [3.8, 4) is 0 Å². The molecule has 0 unspecified atom stereocenters. The second-order valence-corrected chi connectivity index (χ2v) is 5.89. The average molecular weight is 262 g/mol. The molecule has 0 bridgehead atoms. The smallest absolute Gasteiger partial charge is 0.225 e. The van der Waals surface area contributed by atoms with Crippen LogP contribution in [-0.4, -0.2) is 23.6 Å². The van der Waals surface area contributed by atoms with E-state index in [1.54, 1.807) is 11.3 Å². The molecule has 3 rings (SSSR count). The molecule has 4 nitrogen and oxygen atoms in total. The molecule has 0 saturated heterocycles. The lowest BCUT2D eigenvalue weighted by Gasteiger charge is -2.14. The summed E-state index contributed by atoms with van der Waals surface area (Å²) in [5.74, 6) is 1.65. The van der Waals surface area contributed by atoms with Crippen molar-refractivity contribution in [3.05, 3.63) is 11.4 Å². The highest BCUT2D eigenvalue weighted by Gasteiger charge is 2.40. The van der Waals surface area contributed by atoms with Gasteiger partial charge in [0.25, 0.3) is 0 Å². The summed E-state index contributed by atoms with van der Waals surface area (Å²) in [6.45, 7) is 3.29. The minimum atomic E-state index is 0.521. The molecular formula is C13H18N4S. The Morgan fingerprint density at radius 3 is 2.89 bits per heavy atom. The van der Waals surface area contributed by atoms with Crippen LogP contribution < -0.4 is 10.6 Å². The third-order valence-corrected chi connectivity index (χ3v) is 4.69. The maximum atomic E-state index is 4.53. The number of hydrogen-bond acceptors (Lipinski definition) is 5. The molecule has 2 aromatic rings. The molecule has 2 aromatic heterocycles. The van der Waals surface area contributed by atoms with Gasteiger partial charge in [-0.25, -0.2) is 4.98 Å². The lowest BCUT2D eigenvalue weighted by Crippen LogP contribution is -2.15. The summed E-state index contributed by atoms with van der Waals surface area (Å²) in [5.41, 5.74) is 0.521. The molecule has 0 spiro atoms. The summed E-state index contributed by atoms with van der Waals surface area (Å²) in [6, 6.07) is 2.09. The number of nitrogens with zero attached hydrogens (tertiary/aromatic N) is 2. The van der Waals surface area contributed by atoms with Gasteiger partial charge in [0.05, 0.1) is 5.39 Å². The maximum absolute atomic E-state index is 4.53. The molecule has 2 N–H and O–H groups in total. The lowest BCUT2D eigenvalue weighted by molar-refractivity contribution is 0.521. The van der Waals surface area contributed by atoms with Crippen LogP contribution in [0.1, 0.15) is 26.2 Å². The Morgan fingerprint density at radius 1 is 1.39 bits per heavy atom. The fourth-order valence-corrected chi connectivity index (χ4v) is 2.97. The summed E-state index contributed by atoms with van der Waals surface area (Å²) in [4.78, 5) is 10.0. The van der Waals surface area contributed by atoms with Crippen molar-refractivity contribution in [3.63, 3.8) is 0 Å². The molecule has 1 fully saturated rings. The van der Waals surface area contributed by atoms with E-state index < -0.39 is 0 Å². The van der Waals surface area contributed by atoms with E-state index in [1.165, 1.54) is 19.3 Å². The summed E-state index contributed by atoms with van der Waals surface area (Å²) in [7, 11) is 1.85. The van der Waals surface area contributed by atoms with Gasteiger partial charge < -0.3 is 10.6 Å². The van der Waals surface area contributed by atoms with Gasteiger partial charge in [-0.15, -0.1) is 11.3 Å². The van der Waals surface area contributed by atoms with Crippen molar-refractivity contribution in [1.82, 2.24) is 9.97 Å². The van der Waals surface area contributed by atoms with Crippen molar-refractivity contribution in [2.75, 3.05) is 24.2 Å². The lowest BCUT2D eigenvalue weighted by atomic mass is 10.0. The zero-order valence-electron chi connectivity index (χ0n) is 10.8. The molecular weight excluding hydrogens is 244 g/mol. The van der Waals surface area contributed by atoms with Crippen molar-refractivity contribution >= 4 is 33.3 Å². The SMILES string of the molecule is CCC1(CNc2nc(NC)nc3sccc23)CC1. The van der Waals surface area contributed by atoms with E-state index >= 15 is 0 Å². The van der Waals surface area contributed by atoms with E-state index in [4.69, 9.17) is 0 Å². The van der Waals surface area contributed by atoms with Crippen molar-refractivity contribution in [2.45, 2.75) is 26.2 Å². The van der Waals surface area contributed by atoms with Crippen LogP contribution in [0.4, 0.5) is 11.8 Å². The van der Waals surface area contributed by atoms with E-state index in [2.05, 4.69) is 39.0 Å². The highest BCUT2D eigenvalue weighted by atomic mass is 32.1. The first-order valence-corrected chi connectivity index (χ1v) is 7.31. The van der Waals surface area contributed by atoms with Gasteiger partial charge in [0, 0.05) is 13.6 Å². The van der Waals surface area contributed by atoms with E-state index in [1.807, 2.05) is 7.05 Å². The van der Waals surface area contributed by atoms with Crippen LogP contribution in [0.3, 0.4) is 0 Å². The van der Waals surface area contributed by atoms with Gasteiger partial charge in [0.1, 0.15) is 10.6 Å². The van der Waals surface area contributed by atoms with Crippen molar-refractivity contribution in [2.24, 2.45) is 5.41 Å². The third-order valence-electron chi connectivity index (χ3n) is 3.89. The van der Waals surface area contributed by atoms with Gasteiger partial charge in [-0.1, -0.05) is 6.92 Å². The number of thiophene rings is 1. The highest BCUT2D eigenvalue weighted by Crippen LogP contribution is 2.48. The molecule has 96 valence electrons. The van der Waals surface area contributed by atoms with Crippen LogP contribution in [0.25, 0.3) is 10.2 Å². The van der Waals surface area contributed by atoms with Gasteiger partial charge in [-0.3, -0.25) is 0 Å². The molecule has 0 aliphatic heterocycles. The molecule has 18 heavy (non-hydrogen) atoms. The Kier molecular flexibility index (Phi) is 2.86. The summed E-state index contributed by atoms with van der Waals surface area (Å²) in [6.07, 6.45) is 3.93. The maximum Gasteiger partial charge on any atom is 0.225 e. The fourth-order valence-electron chi connectivity index (χ4n) is 2.21. The molecule has 0 atom stereocenters. The van der Waals surface area contributed by atoms with Crippen LogP contribution in [0, 0.1) is 5.41 Å². The van der Waals surface area contributed by atoms with Crippen LogP contribution in [0.5, 0.6) is 0 Å². The number of hydrogen-bond donors (Lipinski definition) is 2. The van der Waals surface area contributed by atoms with E-state index in [-0.39, 0.29) is 0 Å². The Morgan fingerprint density at radius 2 is 2.22 bits per heavy atom. The van der Waals surface area contributed by atoms with Gasteiger partial charge >= 0.3 is 0 Å². The van der Waals surface area contributed by atoms with E-state index in [0.717, 1.165) is 22.6 Å². The van der Waals surface area contributed by atoms with Crippen LogP contribution >= 0.6 is 11.3 Å². The van der Waals surface area contributed by atoms with Gasteiger partial charge in [-0.05, 0) is 36.1 Å². The Bertz CT molecular complexity index is 559. The van der Waals surface area contributed by atoms with Gasteiger partial charge in [0.2, 0.25) is 5.95 Å². The number of fused-ring (bicyclic) bond motifs is 1. The summed E-state index contributed by atoms with van der Waals surface area (Å²) >= 11 is 1.65. The summed E-state index contributed by atoms with van der Waals surface area (Å²) in [5, 5.41) is 9.73. The van der Waals surface area contributed by atoms with Gasteiger partial charge in [-0.2, -0.15) is 4.98 Å². The molecule has 0 amide bonds. The van der Waals surface area contributed by atoms with Crippen LogP contribution in [0.2, 0.25) is 0 Å². The second-order valence-electron chi connectivity index (χ2n) is 4.99. The topological polar surface area (TPSA) is 49.8 Å². The number of anilines is 2. The Hall–Kier alpha value is -1.36. The van der Waals surface area contributed by atoms with Gasteiger partial charge in [0.15, 0.2) is 0 Å².